The van der Waals surface area contributed by atoms with E-state index in [4.69, 9.17) is 0 Å². The van der Waals surface area contributed by atoms with Crippen LogP contribution in [0.3, 0.4) is 0 Å². The molecule has 2 amide bonds. The van der Waals surface area contributed by atoms with Crippen LogP contribution < -0.4 is 5.32 Å². The van der Waals surface area contributed by atoms with Gasteiger partial charge >= 0.3 is 0 Å². The van der Waals surface area contributed by atoms with E-state index in [0.717, 1.165) is 38.0 Å². The van der Waals surface area contributed by atoms with E-state index < -0.39 is 0 Å². The third-order valence-corrected chi connectivity index (χ3v) is 6.02. The standard InChI is InChI=1S/C18H27N3O2S/c1-2-20-8-3-4-16(20)12-19-17(22)14-5-9-21(10-6-14)18(23)15-7-11-24-13-15/h7,11,13-14,16H,2-6,8-10,12H2,1H3,(H,19,22)/t16-/m1/s1. The zero-order valence-electron chi connectivity index (χ0n) is 14.4. The lowest BCUT2D eigenvalue weighted by Crippen LogP contribution is -2.45. The van der Waals surface area contributed by atoms with Gasteiger partial charge in [-0.05, 0) is 50.2 Å². The first-order valence-corrected chi connectivity index (χ1v) is 9.96. The van der Waals surface area contributed by atoms with E-state index in [-0.39, 0.29) is 17.7 Å². The molecule has 0 aliphatic carbocycles. The number of carbonyl (C=O) groups is 2. The Labute approximate surface area is 148 Å². The van der Waals surface area contributed by atoms with Crippen molar-refractivity contribution in [3.05, 3.63) is 22.4 Å². The molecule has 3 rings (SSSR count). The van der Waals surface area contributed by atoms with Gasteiger partial charge in [-0.15, -0.1) is 0 Å². The molecule has 24 heavy (non-hydrogen) atoms. The van der Waals surface area contributed by atoms with Crippen molar-refractivity contribution in [1.29, 1.82) is 0 Å². The number of nitrogens with one attached hydrogen (secondary N) is 1. The van der Waals surface area contributed by atoms with Gasteiger partial charge in [0.15, 0.2) is 0 Å². The van der Waals surface area contributed by atoms with Crippen molar-refractivity contribution in [2.75, 3.05) is 32.7 Å². The van der Waals surface area contributed by atoms with Crippen molar-refractivity contribution < 1.29 is 9.59 Å². The Morgan fingerprint density at radius 3 is 2.71 bits per heavy atom. The van der Waals surface area contributed by atoms with Crippen molar-refractivity contribution in [3.63, 3.8) is 0 Å². The van der Waals surface area contributed by atoms with Gasteiger partial charge in [-0.3, -0.25) is 14.5 Å². The summed E-state index contributed by atoms with van der Waals surface area (Å²) in [6.07, 6.45) is 3.95. The molecular weight excluding hydrogens is 322 g/mol. The molecule has 5 nitrogen and oxygen atoms in total. The van der Waals surface area contributed by atoms with Gasteiger partial charge in [0.2, 0.25) is 5.91 Å². The monoisotopic (exact) mass is 349 g/mol. The summed E-state index contributed by atoms with van der Waals surface area (Å²) >= 11 is 1.54. The van der Waals surface area contributed by atoms with Gasteiger partial charge in [-0.1, -0.05) is 6.92 Å². The number of rotatable bonds is 5. The smallest absolute Gasteiger partial charge is 0.254 e. The van der Waals surface area contributed by atoms with Gasteiger partial charge in [0.1, 0.15) is 0 Å². The first-order chi connectivity index (χ1) is 11.7. The van der Waals surface area contributed by atoms with E-state index >= 15 is 0 Å². The Morgan fingerprint density at radius 2 is 2.04 bits per heavy atom. The summed E-state index contributed by atoms with van der Waals surface area (Å²) in [7, 11) is 0. The second-order valence-corrected chi connectivity index (χ2v) is 7.53. The van der Waals surface area contributed by atoms with E-state index in [1.165, 1.54) is 12.8 Å². The fourth-order valence-corrected chi connectivity index (χ4v) is 4.45. The van der Waals surface area contributed by atoms with Crippen molar-refractivity contribution in [3.8, 4) is 0 Å². The Balaban J connectivity index is 1.43. The summed E-state index contributed by atoms with van der Waals surface area (Å²) in [6.45, 7) is 6.51. The highest BCUT2D eigenvalue weighted by molar-refractivity contribution is 7.08. The first-order valence-electron chi connectivity index (χ1n) is 9.02. The topological polar surface area (TPSA) is 52.7 Å². The molecule has 1 aromatic heterocycles. The largest absolute Gasteiger partial charge is 0.354 e. The minimum Gasteiger partial charge on any atom is -0.354 e. The molecule has 0 aromatic carbocycles. The molecule has 0 unspecified atom stereocenters. The van der Waals surface area contributed by atoms with Crippen molar-refractivity contribution in [1.82, 2.24) is 15.1 Å². The van der Waals surface area contributed by atoms with Gasteiger partial charge < -0.3 is 10.2 Å². The molecule has 0 bridgehead atoms. The zero-order valence-corrected chi connectivity index (χ0v) is 15.2. The predicted molar refractivity (Wildman–Crippen MR) is 96.2 cm³/mol. The van der Waals surface area contributed by atoms with Gasteiger partial charge in [0, 0.05) is 37.0 Å². The molecule has 132 valence electrons. The van der Waals surface area contributed by atoms with Crippen molar-refractivity contribution in [2.45, 2.75) is 38.6 Å². The number of hydrogen-bond donors (Lipinski definition) is 1. The molecule has 6 heteroatoms. The molecule has 0 saturated carbocycles. The molecule has 0 radical (unpaired) electrons. The summed E-state index contributed by atoms with van der Waals surface area (Å²) in [4.78, 5) is 29.1. The summed E-state index contributed by atoms with van der Waals surface area (Å²) in [6, 6.07) is 2.37. The molecule has 1 aromatic rings. The molecule has 1 N–H and O–H groups in total. The molecule has 2 aliphatic heterocycles. The fraction of sp³-hybridized carbons (Fsp3) is 0.667. The number of hydrogen-bond acceptors (Lipinski definition) is 4. The van der Waals surface area contributed by atoms with Crippen LogP contribution in [0.15, 0.2) is 16.8 Å². The summed E-state index contributed by atoms with van der Waals surface area (Å²) in [5, 5.41) is 6.97. The molecular formula is C18H27N3O2S. The molecule has 2 fully saturated rings. The van der Waals surface area contributed by atoms with Crippen LogP contribution in [-0.4, -0.2) is 60.4 Å². The zero-order chi connectivity index (χ0) is 16.9. The highest BCUT2D eigenvalue weighted by Gasteiger charge is 2.29. The Morgan fingerprint density at radius 1 is 1.25 bits per heavy atom. The number of piperidine rings is 1. The van der Waals surface area contributed by atoms with Crippen molar-refractivity contribution in [2.24, 2.45) is 5.92 Å². The Hall–Kier alpha value is -1.40. The first kappa shape index (κ1) is 17.4. The lowest BCUT2D eigenvalue weighted by molar-refractivity contribution is -0.126. The van der Waals surface area contributed by atoms with E-state index in [2.05, 4.69) is 17.1 Å². The second kappa shape index (κ2) is 8.12. The highest BCUT2D eigenvalue weighted by atomic mass is 32.1. The Bertz CT molecular complexity index is 553. The minimum absolute atomic E-state index is 0.0491. The van der Waals surface area contributed by atoms with Crippen LogP contribution in [0.4, 0.5) is 0 Å². The number of carbonyl (C=O) groups excluding carboxylic acids is 2. The van der Waals surface area contributed by atoms with Crippen LogP contribution in [0.2, 0.25) is 0 Å². The summed E-state index contributed by atoms with van der Waals surface area (Å²) in [5.41, 5.74) is 0.767. The van der Waals surface area contributed by atoms with Gasteiger partial charge in [0.05, 0.1) is 5.56 Å². The average Bonchev–Trinajstić information content (AvgIpc) is 3.30. The van der Waals surface area contributed by atoms with Gasteiger partial charge in [-0.25, -0.2) is 0 Å². The van der Waals surface area contributed by atoms with Crippen LogP contribution in [0.1, 0.15) is 43.0 Å². The number of likely N-dealkylation sites (N-methyl/N-ethyl adjacent to an activating group) is 1. The minimum atomic E-state index is 0.0491. The predicted octanol–water partition coefficient (Wildman–Crippen LogP) is 2.20. The summed E-state index contributed by atoms with van der Waals surface area (Å²) < 4.78 is 0. The number of thiophene rings is 1. The maximum absolute atomic E-state index is 12.4. The molecule has 1 atom stereocenters. The molecule has 3 heterocycles. The quantitative estimate of drug-likeness (QED) is 0.887. The van der Waals surface area contributed by atoms with Crippen LogP contribution >= 0.6 is 11.3 Å². The van der Waals surface area contributed by atoms with Crippen LogP contribution in [0.5, 0.6) is 0 Å². The van der Waals surface area contributed by atoms with Crippen LogP contribution in [0.25, 0.3) is 0 Å². The van der Waals surface area contributed by atoms with Crippen molar-refractivity contribution >= 4 is 23.2 Å². The number of likely N-dealkylation sites (tertiary alicyclic amines) is 2. The lowest BCUT2D eigenvalue weighted by atomic mass is 9.95. The third kappa shape index (κ3) is 3.98. The average molecular weight is 350 g/mol. The Kier molecular flexibility index (Phi) is 5.89. The third-order valence-electron chi connectivity index (χ3n) is 5.34. The molecule has 2 saturated heterocycles. The normalized spacial score (nSPS) is 22.7. The van der Waals surface area contributed by atoms with E-state index in [9.17, 15) is 9.59 Å². The highest BCUT2D eigenvalue weighted by Crippen LogP contribution is 2.21. The maximum Gasteiger partial charge on any atom is 0.254 e. The van der Waals surface area contributed by atoms with E-state index in [1.807, 2.05) is 21.7 Å². The van der Waals surface area contributed by atoms with Crippen LogP contribution in [0, 0.1) is 5.92 Å². The van der Waals surface area contributed by atoms with Gasteiger partial charge in [-0.2, -0.15) is 11.3 Å². The molecule has 0 spiro atoms. The summed E-state index contributed by atoms with van der Waals surface area (Å²) in [5.74, 6) is 0.313. The van der Waals surface area contributed by atoms with E-state index in [0.29, 0.717) is 19.1 Å². The second-order valence-electron chi connectivity index (χ2n) is 6.75. The lowest BCUT2D eigenvalue weighted by Gasteiger charge is -2.31. The SMILES string of the molecule is CCN1CCC[C@@H]1CNC(=O)C1CCN(C(=O)c2ccsc2)CC1. The number of amides is 2. The van der Waals surface area contributed by atoms with Gasteiger partial charge in [0.25, 0.3) is 5.91 Å². The fourth-order valence-electron chi connectivity index (χ4n) is 3.82. The molecule has 2 aliphatic rings. The van der Waals surface area contributed by atoms with Crippen LogP contribution in [-0.2, 0) is 4.79 Å². The number of nitrogens with zero attached hydrogens (tertiary/aromatic N) is 2. The van der Waals surface area contributed by atoms with E-state index in [1.54, 1.807) is 11.3 Å². The maximum atomic E-state index is 12.4.